The Bertz CT molecular complexity index is 647. The predicted octanol–water partition coefficient (Wildman–Crippen LogP) is 5.69. The van der Waals surface area contributed by atoms with Gasteiger partial charge in [-0.1, -0.05) is 67.1 Å². The number of allylic oxidation sites excluding steroid dienone is 2. The fraction of sp³-hybridized carbons (Fsp3) is 0.227. The normalized spacial score (nSPS) is 19.6. The van der Waals surface area contributed by atoms with E-state index in [0.717, 1.165) is 48.0 Å². The Morgan fingerprint density at radius 2 is 1.04 bits per heavy atom. The summed E-state index contributed by atoms with van der Waals surface area (Å²) in [6, 6.07) is 20.3. The van der Waals surface area contributed by atoms with Gasteiger partial charge in [-0.05, 0) is 49.0 Å². The number of carbonyl (C=O) groups excluding carboxylic acids is 1. The van der Waals surface area contributed by atoms with E-state index in [9.17, 15) is 4.79 Å². The molecule has 1 aliphatic carbocycles. The second-order valence-corrected chi connectivity index (χ2v) is 6.05. The highest BCUT2D eigenvalue weighted by molar-refractivity contribution is 6.13. The molecule has 1 nitrogen and oxygen atoms in total. The number of Topliss-reactive ketones (excluding diaryl/α,β-unsaturated/α-hetero) is 1. The standard InChI is InChI=1S/C22H22O/c23-22-20(16-18-10-4-1-5-11-18)14-8-3-9-15-21(22)17-19-12-6-2-7-13-19/h1-2,4-7,10-13,16-17H,3,8-9,14-15H2/b20-16-,21-17+. The highest BCUT2D eigenvalue weighted by Gasteiger charge is 2.17. The summed E-state index contributed by atoms with van der Waals surface area (Å²) in [5, 5.41) is 0. The van der Waals surface area contributed by atoms with E-state index in [4.69, 9.17) is 0 Å². The molecule has 2 aromatic carbocycles. The van der Waals surface area contributed by atoms with Gasteiger partial charge in [0.15, 0.2) is 5.78 Å². The minimum Gasteiger partial charge on any atom is -0.289 e. The second kappa shape index (κ2) is 7.73. The van der Waals surface area contributed by atoms with Crippen molar-refractivity contribution in [3.63, 3.8) is 0 Å². The third-order valence-electron chi connectivity index (χ3n) is 4.26. The third kappa shape index (κ3) is 4.29. The quantitative estimate of drug-likeness (QED) is 0.652. The molecule has 0 aromatic heterocycles. The van der Waals surface area contributed by atoms with Crippen LogP contribution in [0.4, 0.5) is 0 Å². The average molecular weight is 302 g/mol. The summed E-state index contributed by atoms with van der Waals surface area (Å²) < 4.78 is 0. The molecule has 116 valence electrons. The summed E-state index contributed by atoms with van der Waals surface area (Å²) in [6.07, 6.45) is 9.26. The molecule has 0 radical (unpaired) electrons. The predicted molar refractivity (Wildman–Crippen MR) is 96.9 cm³/mol. The van der Waals surface area contributed by atoms with Crippen molar-refractivity contribution in [3.05, 3.63) is 82.9 Å². The van der Waals surface area contributed by atoms with Crippen LogP contribution in [0.5, 0.6) is 0 Å². The molecule has 1 heteroatoms. The highest BCUT2D eigenvalue weighted by atomic mass is 16.1. The molecule has 0 aliphatic heterocycles. The Hall–Kier alpha value is -2.41. The van der Waals surface area contributed by atoms with E-state index in [1.54, 1.807) is 0 Å². The summed E-state index contributed by atoms with van der Waals surface area (Å²) in [4.78, 5) is 13.0. The van der Waals surface area contributed by atoms with E-state index >= 15 is 0 Å². The molecule has 0 heterocycles. The summed E-state index contributed by atoms with van der Waals surface area (Å²) in [5.74, 6) is 0.220. The van der Waals surface area contributed by atoms with Crippen LogP contribution in [0, 0.1) is 0 Å². The van der Waals surface area contributed by atoms with Gasteiger partial charge in [-0.3, -0.25) is 4.79 Å². The Morgan fingerprint density at radius 1 is 0.609 bits per heavy atom. The van der Waals surface area contributed by atoms with Crippen LogP contribution >= 0.6 is 0 Å². The second-order valence-electron chi connectivity index (χ2n) is 6.05. The van der Waals surface area contributed by atoms with Crippen molar-refractivity contribution in [3.8, 4) is 0 Å². The van der Waals surface area contributed by atoms with Gasteiger partial charge in [0, 0.05) is 11.1 Å². The lowest BCUT2D eigenvalue weighted by Crippen LogP contribution is -2.09. The highest BCUT2D eigenvalue weighted by Crippen LogP contribution is 2.26. The van der Waals surface area contributed by atoms with E-state index in [2.05, 4.69) is 36.4 Å². The van der Waals surface area contributed by atoms with Gasteiger partial charge in [0.1, 0.15) is 0 Å². The molecule has 0 amide bonds. The van der Waals surface area contributed by atoms with Crippen LogP contribution in [0.15, 0.2) is 71.8 Å². The third-order valence-corrected chi connectivity index (χ3v) is 4.26. The van der Waals surface area contributed by atoms with E-state index in [-0.39, 0.29) is 5.78 Å². The Balaban J connectivity index is 1.92. The van der Waals surface area contributed by atoms with Crippen LogP contribution in [0.25, 0.3) is 12.2 Å². The molecule has 0 bridgehead atoms. The molecule has 23 heavy (non-hydrogen) atoms. The number of ketones is 1. The van der Waals surface area contributed by atoms with Gasteiger partial charge < -0.3 is 0 Å². The maximum absolute atomic E-state index is 13.0. The summed E-state index contributed by atoms with van der Waals surface area (Å²) in [6.45, 7) is 0. The fourth-order valence-electron chi connectivity index (χ4n) is 3.02. The molecule has 1 aliphatic rings. The molecule has 0 saturated heterocycles. The monoisotopic (exact) mass is 302 g/mol. The van der Waals surface area contributed by atoms with E-state index < -0.39 is 0 Å². The van der Waals surface area contributed by atoms with Gasteiger partial charge in [-0.2, -0.15) is 0 Å². The van der Waals surface area contributed by atoms with Crippen LogP contribution in [0.2, 0.25) is 0 Å². The van der Waals surface area contributed by atoms with Crippen molar-refractivity contribution in [1.82, 2.24) is 0 Å². The molecule has 3 rings (SSSR count). The smallest absolute Gasteiger partial charge is 0.185 e. The van der Waals surface area contributed by atoms with Crippen molar-refractivity contribution < 1.29 is 4.79 Å². The zero-order valence-electron chi connectivity index (χ0n) is 13.4. The topological polar surface area (TPSA) is 17.1 Å². The largest absolute Gasteiger partial charge is 0.289 e. The van der Waals surface area contributed by atoms with Crippen LogP contribution in [0.1, 0.15) is 43.2 Å². The Labute approximate surface area is 138 Å². The van der Waals surface area contributed by atoms with Crippen molar-refractivity contribution >= 4 is 17.9 Å². The number of hydrogen-bond acceptors (Lipinski definition) is 1. The van der Waals surface area contributed by atoms with E-state index in [0.29, 0.717) is 0 Å². The Morgan fingerprint density at radius 3 is 1.48 bits per heavy atom. The lowest BCUT2D eigenvalue weighted by Gasteiger charge is -2.15. The maximum Gasteiger partial charge on any atom is 0.185 e. The first kappa shape index (κ1) is 15.5. The molecule has 0 atom stereocenters. The molecule has 0 unspecified atom stereocenters. The van der Waals surface area contributed by atoms with Crippen molar-refractivity contribution in [2.24, 2.45) is 0 Å². The van der Waals surface area contributed by atoms with Crippen molar-refractivity contribution in [2.45, 2.75) is 32.1 Å². The van der Waals surface area contributed by atoms with Gasteiger partial charge in [0.05, 0.1) is 0 Å². The van der Waals surface area contributed by atoms with Crippen LogP contribution in [-0.2, 0) is 4.79 Å². The first-order chi connectivity index (χ1) is 11.3. The van der Waals surface area contributed by atoms with Crippen LogP contribution in [-0.4, -0.2) is 5.78 Å². The zero-order chi connectivity index (χ0) is 15.9. The SMILES string of the molecule is O=C1/C(=C\c2ccccc2)CCCCC/C1=C\c1ccccc1. The summed E-state index contributed by atoms with van der Waals surface area (Å²) in [5.41, 5.74) is 4.10. The van der Waals surface area contributed by atoms with Gasteiger partial charge in [0.2, 0.25) is 0 Å². The lowest BCUT2D eigenvalue weighted by atomic mass is 9.89. The summed E-state index contributed by atoms with van der Waals surface area (Å²) in [7, 11) is 0. The number of benzene rings is 2. The number of rotatable bonds is 2. The molecule has 0 spiro atoms. The molecule has 1 saturated carbocycles. The minimum absolute atomic E-state index is 0.220. The van der Waals surface area contributed by atoms with Gasteiger partial charge >= 0.3 is 0 Å². The lowest BCUT2D eigenvalue weighted by molar-refractivity contribution is -0.112. The molecular formula is C22H22O. The van der Waals surface area contributed by atoms with Crippen LogP contribution < -0.4 is 0 Å². The minimum atomic E-state index is 0.220. The molecule has 0 N–H and O–H groups in total. The van der Waals surface area contributed by atoms with Gasteiger partial charge in [-0.15, -0.1) is 0 Å². The first-order valence-corrected chi connectivity index (χ1v) is 8.39. The average Bonchev–Trinajstić information content (AvgIpc) is 2.59. The number of hydrogen-bond donors (Lipinski definition) is 0. The molecular weight excluding hydrogens is 280 g/mol. The molecule has 2 aromatic rings. The van der Waals surface area contributed by atoms with E-state index in [1.165, 1.54) is 6.42 Å². The molecule has 1 fully saturated rings. The fourth-order valence-corrected chi connectivity index (χ4v) is 3.02. The van der Waals surface area contributed by atoms with Crippen LogP contribution in [0.3, 0.4) is 0 Å². The van der Waals surface area contributed by atoms with E-state index in [1.807, 2.05) is 36.4 Å². The number of carbonyl (C=O) groups is 1. The first-order valence-electron chi connectivity index (χ1n) is 8.39. The van der Waals surface area contributed by atoms with Crippen molar-refractivity contribution in [1.29, 1.82) is 0 Å². The van der Waals surface area contributed by atoms with Gasteiger partial charge in [-0.25, -0.2) is 0 Å². The van der Waals surface area contributed by atoms with Gasteiger partial charge in [0.25, 0.3) is 0 Å². The zero-order valence-corrected chi connectivity index (χ0v) is 13.4. The van der Waals surface area contributed by atoms with Crippen molar-refractivity contribution in [2.75, 3.05) is 0 Å². The Kier molecular flexibility index (Phi) is 5.21. The summed E-state index contributed by atoms with van der Waals surface area (Å²) >= 11 is 0. The maximum atomic E-state index is 13.0.